The first-order chi connectivity index (χ1) is 12.9. The number of carbonyl (C=O) groups is 2. The van der Waals surface area contributed by atoms with Crippen molar-refractivity contribution < 1.29 is 14.3 Å². The third-order valence-corrected chi connectivity index (χ3v) is 4.71. The van der Waals surface area contributed by atoms with E-state index in [1.54, 1.807) is 38.2 Å². The van der Waals surface area contributed by atoms with E-state index in [9.17, 15) is 9.59 Å². The number of morpholine rings is 1. The van der Waals surface area contributed by atoms with Gasteiger partial charge in [0.25, 0.3) is 11.8 Å². The highest BCUT2D eigenvalue weighted by Gasteiger charge is 2.41. The van der Waals surface area contributed by atoms with Gasteiger partial charge in [0.15, 0.2) is 5.60 Å². The van der Waals surface area contributed by atoms with E-state index in [0.29, 0.717) is 25.1 Å². The molecular formula is C21H25N3O3. The molecule has 2 aromatic rings. The Balaban J connectivity index is 1.75. The molecule has 6 nitrogen and oxygen atoms in total. The molecule has 1 aromatic carbocycles. The monoisotopic (exact) mass is 367 g/mol. The van der Waals surface area contributed by atoms with E-state index in [0.717, 1.165) is 11.3 Å². The van der Waals surface area contributed by atoms with Crippen LogP contribution in [0, 0.1) is 0 Å². The number of rotatable bonds is 4. The van der Waals surface area contributed by atoms with Gasteiger partial charge in [0, 0.05) is 44.5 Å². The Morgan fingerprint density at radius 3 is 2.67 bits per heavy atom. The van der Waals surface area contributed by atoms with Crippen molar-refractivity contribution in [2.45, 2.75) is 18.9 Å². The minimum Gasteiger partial charge on any atom is -0.362 e. The topological polar surface area (TPSA) is 62.7 Å². The van der Waals surface area contributed by atoms with Crippen LogP contribution in [-0.2, 0) is 16.0 Å². The molecule has 1 aromatic heterocycles. The number of likely N-dealkylation sites (N-methyl/N-ethyl adjacent to an activating group) is 1. The molecule has 2 amide bonds. The van der Waals surface area contributed by atoms with Gasteiger partial charge in [-0.1, -0.05) is 30.3 Å². The lowest BCUT2D eigenvalue weighted by atomic mass is 10.0. The number of hydrogen-bond acceptors (Lipinski definition) is 4. The Hall–Kier alpha value is -2.73. The first-order valence-corrected chi connectivity index (χ1v) is 9.03. The SMILES string of the molecule is CN(C)C(=O)[C@]1(C)CN(C(=O)c2ccnc(Cc3ccccc3)c2)CCO1. The molecule has 0 radical (unpaired) electrons. The molecule has 27 heavy (non-hydrogen) atoms. The Bertz CT molecular complexity index is 822. The lowest BCUT2D eigenvalue weighted by Gasteiger charge is -2.40. The molecule has 2 heterocycles. The van der Waals surface area contributed by atoms with E-state index in [1.165, 1.54) is 4.90 Å². The van der Waals surface area contributed by atoms with Gasteiger partial charge in [-0.05, 0) is 24.6 Å². The molecule has 1 aliphatic heterocycles. The van der Waals surface area contributed by atoms with E-state index < -0.39 is 5.60 Å². The van der Waals surface area contributed by atoms with Gasteiger partial charge >= 0.3 is 0 Å². The predicted molar refractivity (Wildman–Crippen MR) is 102 cm³/mol. The zero-order chi connectivity index (χ0) is 19.4. The Morgan fingerprint density at radius 1 is 1.22 bits per heavy atom. The second-order valence-electron chi connectivity index (χ2n) is 7.20. The van der Waals surface area contributed by atoms with E-state index >= 15 is 0 Å². The number of pyridine rings is 1. The van der Waals surface area contributed by atoms with E-state index in [-0.39, 0.29) is 18.4 Å². The molecule has 1 saturated heterocycles. The number of aromatic nitrogens is 1. The maximum Gasteiger partial charge on any atom is 0.255 e. The highest BCUT2D eigenvalue weighted by Crippen LogP contribution is 2.21. The van der Waals surface area contributed by atoms with Crippen molar-refractivity contribution in [3.63, 3.8) is 0 Å². The highest BCUT2D eigenvalue weighted by atomic mass is 16.5. The van der Waals surface area contributed by atoms with Gasteiger partial charge in [-0.15, -0.1) is 0 Å². The zero-order valence-corrected chi connectivity index (χ0v) is 16.0. The van der Waals surface area contributed by atoms with Crippen molar-refractivity contribution in [3.8, 4) is 0 Å². The van der Waals surface area contributed by atoms with E-state index in [1.807, 2.05) is 36.4 Å². The summed E-state index contributed by atoms with van der Waals surface area (Å²) in [5.41, 5.74) is 1.55. The standard InChI is InChI=1S/C21H25N3O3/c1-21(20(26)23(2)3)15-24(11-12-27-21)19(25)17-9-10-22-18(14-17)13-16-7-5-4-6-8-16/h4-10,14H,11-13,15H2,1-3H3/t21-/m0/s1. The summed E-state index contributed by atoms with van der Waals surface area (Å²) in [7, 11) is 3.38. The van der Waals surface area contributed by atoms with Crippen LogP contribution < -0.4 is 0 Å². The van der Waals surface area contributed by atoms with Gasteiger partial charge in [0.2, 0.25) is 0 Å². The summed E-state index contributed by atoms with van der Waals surface area (Å²) in [5.74, 6) is -0.243. The van der Waals surface area contributed by atoms with E-state index in [4.69, 9.17) is 4.74 Å². The summed E-state index contributed by atoms with van der Waals surface area (Å²) in [6, 6.07) is 13.6. The number of hydrogen-bond donors (Lipinski definition) is 0. The smallest absolute Gasteiger partial charge is 0.255 e. The molecule has 1 fully saturated rings. The summed E-state index contributed by atoms with van der Waals surface area (Å²) >= 11 is 0. The van der Waals surface area contributed by atoms with Gasteiger partial charge in [-0.25, -0.2) is 0 Å². The maximum absolute atomic E-state index is 13.0. The highest BCUT2D eigenvalue weighted by molar-refractivity contribution is 5.95. The van der Waals surface area contributed by atoms with Gasteiger partial charge in [-0.3, -0.25) is 14.6 Å². The van der Waals surface area contributed by atoms with Crippen LogP contribution in [0.15, 0.2) is 48.7 Å². The summed E-state index contributed by atoms with van der Waals surface area (Å²) in [4.78, 5) is 33.0. The largest absolute Gasteiger partial charge is 0.362 e. The Labute approximate surface area is 159 Å². The molecule has 1 atom stereocenters. The molecule has 0 unspecified atom stereocenters. The molecule has 3 rings (SSSR count). The first-order valence-electron chi connectivity index (χ1n) is 9.03. The average Bonchev–Trinajstić information content (AvgIpc) is 2.67. The lowest BCUT2D eigenvalue weighted by Crippen LogP contribution is -2.59. The minimum atomic E-state index is -1.02. The van der Waals surface area contributed by atoms with Crippen LogP contribution >= 0.6 is 0 Å². The minimum absolute atomic E-state index is 0.104. The van der Waals surface area contributed by atoms with Gasteiger partial charge in [0.1, 0.15) is 0 Å². The van der Waals surface area contributed by atoms with Crippen molar-refractivity contribution >= 4 is 11.8 Å². The molecular weight excluding hydrogens is 342 g/mol. The predicted octanol–water partition coefficient (Wildman–Crippen LogP) is 1.99. The fourth-order valence-corrected chi connectivity index (χ4v) is 3.34. The number of benzene rings is 1. The first kappa shape index (κ1) is 19.0. The van der Waals surface area contributed by atoms with Gasteiger partial charge in [-0.2, -0.15) is 0 Å². The van der Waals surface area contributed by atoms with Crippen molar-refractivity contribution in [2.24, 2.45) is 0 Å². The van der Waals surface area contributed by atoms with Crippen LogP contribution in [0.1, 0.15) is 28.5 Å². The maximum atomic E-state index is 13.0. The summed E-state index contributed by atoms with van der Waals surface area (Å²) in [6.07, 6.45) is 2.33. The van der Waals surface area contributed by atoms with Crippen LogP contribution in [-0.4, -0.2) is 66.0 Å². The average molecular weight is 367 g/mol. The molecule has 0 saturated carbocycles. The normalized spacial score (nSPS) is 19.6. The lowest BCUT2D eigenvalue weighted by molar-refractivity contribution is -0.162. The third kappa shape index (κ3) is 4.34. The third-order valence-electron chi connectivity index (χ3n) is 4.71. The number of amides is 2. The van der Waals surface area contributed by atoms with Crippen LogP contribution in [0.25, 0.3) is 0 Å². The van der Waals surface area contributed by atoms with Crippen molar-refractivity contribution in [1.29, 1.82) is 0 Å². The molecule has 6 heteroatoms. The van der Waals surface area contributed by atoms with Crippen LogP contribution in [0.3, 0.4) is 0 Å². The number of ether oxygens (including phenoxy) is 1. The second kappa shape index (κ2) is 7.88. The number of carbonyl (C=O) groups excluding carboxylic acids is 2. The Kier molecular flexibility index (Phi) is 5.56. The zero-order valence-electron chi connectivity index (χ0n) is 16.0. The fourth-order valence-electron chi connectivity index (χ4n) is 3.34. The number of nitrogens with zero attached hydrogens (tertiary/aromatic N) is 3. The van der Waals surface area contributed by atoms with Gasteiger partial charge < -0.3 is 14.5 Å². The molecule has 0 N–H and O–H groups in total. The molecule has 0 aliphatic carbocycles. The molecule has 1 aliphatic rings. The summed E-state index contributed by atoms with van der Waals surface area (Å²) < 4.78 is 5.71. The van der Waals surface area contributed by atoms with Gasteiger partial charge in [0.05, 0.1) is 13.2 Å². The summed E-state index contributed by atoms with van der Waals surface area (Å²) in [5, 5.41) is 0. The molecule has 142 valence electrons. The van der Waals surface area contributed by atoms with E-state index in [2.05, 4.69) is 4.98 Å². The van der Waals surface area contributed by atoms with Crippen LogP contribution in [0.5, 0.6) is 0 Å². The fraction of sp³-hybridized carbons (Fsp3) is 0.381. The Morgan fingerprint density at radius 2 is 1.96 bits per heavy atom. The second-order valence-corrected chi connectivity index (χ2v) is 7.20. The van der Waals surface area contributed by atoms with Crippen molar-refractivity contribution in [2.75, 3.05) is 33.8 Å². The summed E-state index contributed by atoms with van der Waals surface area (Å²) in [6.45, 7) is 2.77. The van der Waals surface area contributed by atoms with Crippen molar-refractivity contribution in [3.05, 3.63) is 65.5 Å². The van der Waals surface area contributed by atoms with Crippen LogP contribution in [0.4, 0.5) is 0 Å². The van der Waals surface area contributed by atoms with Crippen LogP contribution in [0.2, 0.25) is 0 Å². The molecule has 0 spiro atoms. The molecule has 0 bridgehead atoms. The quantitative estimate of drug-likeness (QED) is 0.829. The van der Waals surface area contributed by atoms with Crippen molar-refractivity contribution in [1.82, 2.24) is 14.8 Å².